The highest BCUT2D eigenvalue weighted by Crippen LogP contribution is 2.10. The van der Waals surface area contributed by atoms with Crippen LogP contribution in [-0.4, -0.2) is 31.2 Å². The van der Waals surface area contributed by atoms with Crippen molar-refractivity contribution >= 4 is 0 Å². The minimum absolute atomic E-state index is 0.0660. The molecule has 0 unspecified atom stereocenters. The predicted molar refractivity (Wildman–Crippen MR) is 42.6 cm³/mol. The van der Waals surface area contributed by atoms with Gasteiger partial charge in [-0.15, -0.1) is 0 Å². The van der Waals surface area contributed by atoms with E-state index in [0.29, 0.717) is 6.61 Å². The van der Waals surface area contributed by atoms with Crippen molar-refractivity contribution in [3.8, 4) is 12.5 Å². The maximum atomic E-state index is 5.21. The molecule has 0 amide bonds. The maximum absolute atomic E-state index is 5.21. The highest BCUT2D eigenvalue weighted by Gasteiger charge is 2.20. The van der Waals surface area contributed by atoms with E-state index in [4.69, 9.17) is 11.2 Å². The molecule has 0 aliphatic carbocycles. The lowest BCUT2D eigenvalue weighted by Crippen LogP contribution is -2.41. The molecule has 2 heteroatoms. The molecule has 0 aliphatic heterocycles. The zero-order valence-electron chi connectivity index (χ0n) is 7.14. The Hall–Kier alpha value is -0.680. The van der Waals surface area contributed by atoms with Gasteiger partial charge < -0.3 is 9.64 Å². The first-order chi connectivity index (χ1) is 4.54. The first kappa shape index (κ1) is 9.32. The lowest BCUT2D eigenvalue weighted by molar-refractivity contribution is 0.0828. The summed E-state index contributed by atoms with van der Waals surface area (Å²) in [6, 6.07) is 2.54. The highest BCUT2D eigenvalue weighted by atomic mass is 16.5. The van der Waals surface area contributed by atoms with Crippen LogP contribution in [0.25, 0.3) is 0 Å². The van der Waals surface area contributed by atoms with Crippen molar-refractivity contribution in [1.82, 2.24) is 4.90 Å². The SMILES string of the molecule is C#CN(C)C(C)(C)COC. The van der Waals surface area contributed by atoms with Crippen molar-refractivity contribution in [3.05, 3.63) is 0 Å². The van der Waals surface area contributed by atoms with Gasteiger partial charge in [-0.2, -0.15) is 0 Å². The smallest absolute Gasteiger partial charge is 0.0695 e. The molecule has 0 saturated heterocycles. The number of hydrogen-bond acceptors (Lipinski definition) is 2. The predicted octanol–water partition coefficient (Wildman–Crippen LogP) is 0.934. The molecule has 0 atom stereocenters. The van der Waals surface area contributed by atoms with Crippen molar-refractivity contribution in [3.63, 3.8) is 0 Å². The van der Waals surface area contributed by atoms with E-state index < -0.39 is 0 Å². The fourth-order valence-corrected chi connectivity index (χ4v) is 0.625. The van der Waals surface area contributed by atoms with Gasteiger partial charge >= 0.3 is 0 Å². The van der Waals surface area contributed by atoms with E-state index in [1.807, 2.05) is 20.9 Å². The van der Waals surface area contributed by atoms with Crippen LogP contribution in [-0.2, 0) is 4.74 Å². The third-order valence-electron chi connectivity index (χ3n) is 1.60. The van der Waals surface area contributed by atoms with E-state index in [1.165, 1.54) is 0 Å². The van der Waals surface area contributed by atoms with Gasteiger partial charge in [0.15, 0.2) is 0 Å². The van der Waals surface area contributed by atoms with Crippen LogP contribution >= 0.6 is 0 Å². The molecule has 0 N–H and O–H groups in total. The van der Waals surface area contributed by atoms with Gasteiger partial charge in [0.05, 0.1) is 12.1 Å². The minimum Gasteiger partial charge on any atom is -0.382 e. The zero-order chi connectivity index (χ0) is 8.20. The summed E-state index contributed by atoms with van der Waals surface area (Å²) in [5, 5.41) is 0. The summed E-state index contributed by atoms with van der Waals surface area (Å²) in [4.78, 5) is 1.80. The Morgan fingerprint density at radius 3 is 2.40 bits per heavy atom. The Bertz CT molecular complexity index is 135. The number of hydrogen-bond donors (Lipinski definition) is 0. The third kappa shape index (κ3) is 2.28. The Morgan fingerprint density at radius 2 is 2.10 bits per heavy atom. The molecule has 0 spiro atoms. The van der Waals surface area contributed by atoms with Gasteiger partial charge in [0.2, 0.25) is 0 Å². The molecule has 0 bridgehead atoms. The van der Waals surface area contributed by atoms with Crippen LogP contribution < -0.4 is 0 Å². The number of ether oxygens (including phenoxy) is 1. The second-order valence-corrected chi connectivity index (χ2v) is 2.93. The first-order valence-corrected chi connectivity index (χ1v) is 3.23. The second-order valence-electron chi connectivity index (χ2n) is 2.93. The summed E-state index contributed by atoms with van der Waals surface area (Å²) < 4.78 is 4.99. The number of nitrogens with zero attached hydrogens (tertiary/aromatic N) is 1. The van der Waals surface area contributed by atoms with Crippen molar-refractivity contribution in [1.29, 1.82) is 0 Å². The molecule has 10 heavy (non-hydrogen) atoms. The van der Waals surface area contributed by atoms with E-state index in [2.05, 4.69) is 6.04 Å². The fraction of sp³-hybridized carbons (Fsp3) is 0.750. The molecule has 0 aliphatic rings. The van der Waals surface area contributed by atoms with Gasteiger partial charge in [0, 0.05) is 20.2 Å². The summed E-state index contributed by atoms with van der Waals surface area (Å²) in [5.74, 6) is 0. The molecule has 58 valence electrons. The molecule has 0 rings (SSSR count). The zero-order valence-corrected chi connectivity index (χ0v) is 7.14. The lowest BCUT2D eigenvalue weighted by atomic mass is 10.1. The van der Waals surface area contributed by atoms with Gasteiger partial charge in [-0.25, -0.2) is 0 Å². The maximum Gasteiger partial charge on any atom is 0.0695 e. The topological polar surface area (TPSA) is 12.5 Å². The van der Waals surface area contributed by atoms with Crippen molar-refractivity contribution in [2.24, 2.45) is 0 Å². The summed E-state index contributed by atoms with van der Waals surface area (Å²) in [6.45, 7) is 4.72. The standard InChI is InChI=1S/C8H15NO/c1-6-9(4)8(2,3)7-10-5/h1H,7H2,2-5H3. The van der Waals surface area contributed by atoms with E-state index in [0.717, 1.165) is 0 Å². The van der Waals surface area contributed by atoms with Gasteiger partial charge in [-0.1, -0.05) is 6.42 Å². The van der Waals surface area contributed by atoms with E-state index in [1.54, 1.807) is 12.0 Å². The van der Waals surface area contributed by atoms with Crippen LogP contribution in [0.15, 0.2) is 0 Å². The van der Waals surface area contributed by atoms with Crippen molar-refractivity contribution in [2.75, 3.05) is 20.8 Å². The van der Waals surface area contributed by atoms with E-state index in [9.17, 15) is 0 Å². The lowest BCUT2D eigenvalue weighted by Gasteiger charge is -2.31. The highest BCUT2D eigenvalue weighted by molar-refractivity contribution is 4.92. The summed E-state index contributed by atoms with van der Waals surface area (Å²) in [5.41, 5.74) is -0.0660. The van der Waals surface area contributed by atoms with E-state index in [-0.39, 0.29) is 5.54 Å². The number of likely N-dealkylation sites (N-methyl/N-ethyl adjacent to an activating group) is 1. The average Bonchev–Trinajstić information content (AvgIpc) is 1.86. The summed E-state index contributed by atoms with van der Waals surface area (Å²) in [6.07, 6.45) is 5.21. The minimum atomic E-state index is -0.0660. The fourth-order valence-electron chi connectivity index (χ4n) is 0.625. The van der Waals surface area contributed by atoms with Gasteiger partial charge in [-0.3, -0.25) is 0 Å². The van der Waals surface area contributed by atoms with Gasteiger partial charge in [0.1, 0.15) is 0 Å². The number of methoxy groups -OCH3 is 1. The number of terminal acetylenes is 1. The molecule has 0 aromatic rings. The normalized spacial score (nSPS) is 10.7. The van der Waals surface area contributed by atoms with Crippen LogP contribution in [0.4, 0.5) is 0 Å². The Kier molecular flexibility index (Phi) is 3.24. The summed E-state index contributed by atoms with van der Waals surface area (Å²) >= 11 is 0. The molecule has 2 nitrogen and oxygen atoms in total. The molecular weight excluding hydrogens is 126 g/mol. The largest absolute Gasteiger partial charge is 0.382 e. The molecule has 0 aromatic carbocycles. The second kappa shape index (κ2) is 3.48. The Morgan fingerprint density at radius 1 is 1.60 bits per heavy atom. The van der Waals surface area contributed by atoms with Crippen LogP contribution in [0.5, 0.6) is 0 Å². The molecule has 0 heterocycles. The Labute approximate surface area is 63.2 Å². The van der Waals surface area contributed by atoms with Crippen molar-refractivity contribution < 1.29 is 4.74 Å². The van der Waals surface area contributed by atoms with Crippen LogP contribution in [0.1, 0.15) is 13.8 Å². The molecular formula is C8H15NO. The molecule has 0 saturated carbocycles. The number of rotatable bonds is 3. The van der Waals surface area contributed by atoms with Gasteiger partial charge in [0.25, 0.3) is 0 Å². The molecule has 0 fully saturated rings. The monoisotopic (exact) mass is 141 g/mol. The Balaban J connectivity index is 3.99. The van der Waals surface area contributed by atoms with Crippen molar-refractivity contribution in [2.45, 2.75) is 19.4 Å². The van der Waals surface area contributed by atoms with Crippen LogP contribution in [0, 0.1) is 12.5 Å². The first-order valence-electron chi connectivity index (χ1n) is 3.23. The van der Waals surface area contributed by atoms with Crippen LogP contribution in [0.2, 0.25) is 0 Å². The summed E-state index contributed by atoms with van der Waals surface area (Å²) in [7, 11) is 3.55. The van der Waals surface area contributed by atoms with Gasteiger partial charge in [-0.05, 0) is 13.8 Å². The third-order valence-corrected chi connectivity index (χ3v) is 1.60. The quantitative estimate of drug-likeness (QED) is 0.428. The van der Waals surface area contributed by atoms with E-state index >= 15 is 0 Å². The average molecular weight is 141 g/mol. The molecule has 0 radical (unpaired) electrons. The van der Waals surface area contributed by atoms with Crippen LogP contribution in [0.3, 0.4) is 0 Å². The molecule has 0 aromatic heterocycles.